The van der Waals surface area contributed by atoms with Gasteiger partial charge in [-0.2, -0.15) is 15.0 Å². The minimum absolute atomic E-state index is 0.0155. The first-order valence-corrected chi connectivity index (χ1v) is 9.52. The van der Waals surface area contributed by atoms with Crippen LogP contribution in [0.15, 0.2) is 59.1 Å². The molecule has 0 aliphatic rings. The van der Waals surface area contributed by atoms with Gasteiger partial charge in [0.15, 0.2) is 12.4 Å². The molecule has 156 valence electrons. The van der Waals surface area contributed by atoms with E-state index in [0.29, 0.717) is 11.5 Å². The molecule has 0 saturated carbocycles. The number of rotatable bonds is 6. The Morgan fingerprint density at radius 1 is 1.03 bits per heavy atom. The molecule has 4 aromatic rings. The Kier molecular flexibility index (Phi) is 5.57. The molecule has 0 unspecified atom stereocenters. The largest absolute Gasteiger partial charge is 0.454 e. The zero-order chi connectivity index (χ0) is 21.8. The summed E-state index contributed by atoms with van der Waals surface area (Å²) in [5.74, 6) is 0.256. The summed E-state index contributed by atoms with van der Waals surface area (Å²) in [6, 6.07) is 17.0. The molecule has 2 aromatic carbocycles. The lowest BCUT2D eigenvalue weighted by molar-refractivity contribution is 0.0461. The van der Waals surface area contributed by atoms with Gasteiger partial charge in [-0.15, -0.1) is 0 Å². The van der Waals surface area contributed by atoms with E-state index >= 15 is 0 Å². The van der Waals surface area contributed by atoms with E-state index in [1.807, 2.05) is 61.5 Å². The fourth-order valence-electron chi connectivity index (χ4n) is 2.93. The number of benzene rings is 2. The first-order valence-electron chi connectivity index (χ1n) is 9.52. The summed E-state index contributed by atoms with van der Waals surface area (Å²) in [4.78, 5) is 25.1. The van der Waals surface area contributed by atoms with Crippen LogP contribution >= 0.6 is 0 Å². The van der Waals surface area contributed by atoms with E-state index in [-0.39, 0.29) is 29.9 Å². The summed E-state index contributed by atoms with van der Waals surface area (Å²) in [5, 5.41) is 7.06. The number of hydrogen-bond donors (Lipinski definition) is 2. The Morgan fingerprint density at radius 2 is 1.77 bits per heavy atom. The van der Waals surface area contributed by atoms with Gasteiger partial charge in [0.1, 0.15) is 17.0 Å². The summed E-state index contributed by atoms with van der Waals surface area (Å²) in [7, 11) is 0. The molecule has 2 aromatic heterocycles. The van der Waals surface area contributed by atoms with Crippen LogP contribution in [0, 0.1) is 13.8 Å². The highest BCUT2D eigenvalue weighted by molar-refractivity contribution is 5.97. The van der Waals surface area contributed by atoms with E-state index in [1.165, 1.54) is 0 Å². The summed E-state index contributed by atoms with van der Waals surface area (Å²) >= 11 is 0. The monoisotopic (exact) mass is 416 g/mol. The fourth-order valence-corrected chi connectivity index (χ4v) is 2.93. The van der Waals surface area contributed by atoms with Crippen LogP contribution in [0.5, 0.6) is 0 Å². The number of carbonyl (C=O) groups is 1. The van der Waals surface area contributed by atoms with E-state index in [2.05, 4.69) is 25.4 Å². The molecule has 3 N–H and O–H groups in total. The normalized spacial score (nSPS) is 10.6. The smallest absolute Gasteiger partial charge is 0.344 e. The molecule has 9 heteroatoms. The van der Waals surface area contributed by atoms with Crippen LogP contribution in [-0.2, 0) is 11.3 Å². The van der Waals surface area contributed by atoms with E-state index in [4.69, 9.17) is 15.0 Å². The van der Waals surface area contributed by atoms with Crippen molar-refractivity contribution >= 4 is 23.6 Å². The maximum absolute atomic E-state index is 12.7. The average molecular weight is 416 g/mol. The standard InChI is InChI=1S/C22H20N6O3/c1-13-8-10-16(11-9-13)24-22-26-17(25-21(23)27-22)12-30-20(29)18-14(2)31-28-19(18)15-6-4-3-5-7-15/h3-11H,12H2,1-2H3,(H3,23,24,25,26,27). The van der Waals surface area contributed by atoms with Crippen LogP contribution in [0.25, 0.3) is 11.3 Å². The molecule has 4 rings (SSSR count). The maximum Gasteiger partial charge on any atom is 0.344 e. The fraction of sp³-hybridized carbons (Fsp3) is 0.136. The van der Waals surface area contributed by atoms with Gasteiger partial charge in [-0.3, -0.25) is 0 Å². The molecular formula is C22H20N6O3. The second-order valence-corrected chi connectivity index (χ2v) is 6.83. The maximum atomic E-state index is 12.7. The van der Waals surface area contributed by atoms with Crippen molar-refractivity contribution in [1.82, 2.24) is 20.1 Å². The number of aryl methyl sites for hydroxylation is 2. The van der Waals surface area contributed by atoms with Crippen LogP contribution < -0.4 is 11.1 Å². The van der Waals surface area contributed by atoms with Gasteiger partial charge < -0.3 is 20.3 Å². The third kappa shape index (κ3) is 4.67. The molecular weight excluding hydrogens is 396 g/mol. The Hall–Kier alpha value is -4.27. The van der Waals surface area contributed by atoms with E-state index in [1.54, 1.807) is 6.92 Å². The van der Waals surface area contributed by atoms with E-state index < -0.39 is 5.97 Å². The zero-order valence-electron chi connectivity index (χ0n) is 17.0. The van der Waals surface area contributed by atoms with Gasteiger partial charge in [-0.05, 0) is 26.0 Å². The number of nitrogens with zero attached hydrogens (tertiary/aromatic N) is 4. The Balaban J connectivity index is 1.50. The van der Waals surface area contributed by atoms with Crippen molar-refractivity contribution in [2.75, 3.05) is 11.1 Å². The van der Waals surface area contributed by atoms with Crippen molar-refractivity contribution in [3.05, 3.63) is 77.3 Å². The molecule has 9 nitrogen and oxygen atoms in total. The number of ether oxygens (including phenoxy) is 1. The number of anilines is 3. The summed E-state index contributed by atoms with van der Waals surface area (Å²) < 4.78 is 10.6. The number of hydrogen-bond acceptors (Lipinski definition) is 9. The third-order valence-electron chi connectivity index (χ3n) is 4.45. The first kappa shape index (κ1) is 20.0. The highest BCUT2D eigenvalue weighted by Crippen LogP contribution is 2.26. The molecule has 0 radical (unpaired) electrons. The average Bonchev–Trinajstić information content (AvgIpc) is 3.15. The molecule has 2 heterocycles. The topological polar surface area (TPSA) is 129 Å². The van der Waals surface area contributed by atoms with Crippen molar-refractivity contribution < 1.29 is 14.1 Å². The first-order chi connectivity index (χ1) is 15.0. The van der Waals surface area contributed by atoms with Crippen LogP contribution in [0.1, 0.15) is 27.5 Å². The number of carbonyl (C=O) groups excluding carboxylic acids is 1. The predicted octanol–water partition coefficient (Wildman–Crippen LogP) is 3.83. The van der Waals surface area contributed by atoms with Gasteiger partial charge in [0.2, 0.25) is 11.9 Å². The summed E-state index contributed by atoms with van der Waals surface area (Å²) in [6.45, 7) is 3.46. The van der Waals surface area contributed by atoms with Gasteiger partial charge in [0, 0.05) is 11.3 Å². The van der Waals surface area contributed by atoms with Crippen LogP contribution in [-0.4, -0.2) is 26.1 Å². The Bertz CT molecular complexity index is 1210. The van der Waals surface area contributed by atoms with Gasteiger partial charge in [-0.25, -0.2) is 4.79 Å². The zero-order valence-corrected chi connectivity index (χ0v) is 17.0. The van der Waals surface area contributed by atoms with Crippen molar-refractivity contribution in [3.63, 3.8) is 0 Å². The minimum atomic E-state index is -0.593. The number of nitrogen functional groups attached to an aromatic ring is 1. The highest BCUT2D eigenvalue weighted by Gasteiger charge is 2.23. The van der Waals surface area contributed by atoms with Crippen molar-refractivity contribution in [3.8, 4) is 11.3 Å². The molecule has 31 heavy (non-hydrogen) atoms. The third-order valence-corrected chi connectivity index (χ3v) is 4.45. The van der Waals surface area contributed by atoms with Crippen LogP contribution in [0.2, 0.25) is 0 Å². The van der Waals surface area contributed by atoms with Gasteiger partial charge in [0.05, 0.1) is 0 Å². The predicted molar refractivity (Wildman–Crippen MR) is 114 cm³/mol. The molecule has 0 aliphatic heterocycles. The molecule has 0 saturated heterocycles. The highest BCUT2D eigenvalue weighted by atomic mass is 16.5. The lowest BCUT2D eigenvalue weighted by atomic mass is 10.1. The summed E-state index contributed by atoms with van der Waals surface area (Å²) in [6.07, 6.45) is 0. The number of nitrogens with two attached hydrogens (primary N) is 1. The number of aromatic nitrogens is 4. The minimum Gasteiger partial charge on any atom is -0.454 e. The van der Waals surface area contributed by atoms with Gasteiger partial charge in [0.25, 0.3) is 0 Å². The Labute approximate surface area is 178 Å². The van der Waals surface area contributed by atoms with Gasteiger partial charge >= 0.3 is 5.97 Å². The second kappa shape index (κ2) is 8.62. The molecule has 0 fully saturated rings. The molecule has 0 amide bonds. The lowest BCUT2D eigenvalue weighted by Crippen LogP contribution is -2.12. The number of nitrogens with one attached hydrogen (secondary N) is 1. The second-order valence-electron chi connectivity index (χ2n) is 6.83. The van der Waals surface area contributed by atoms with E-state index in [0.717, 1.165) is 16.8 Å². The molecule has 0 spiro atoms. The molecule has 0 bridgehead atoms. The quantitative estimate of drug-likeness (QED) is 0.450. The van der Waals surface area contributed by atoms with E-state index in [9.17, 15) is 4.79 Å². The summed E-state index contributed by atoms with van der Waals surface area (Å²) in [5.41, 5.74) is 9.15. The van der Waals surface area contributed by atoms with Crippen molar-refractivity contribution in [2.45, 2.75) is 20.5 Å². The lowest BCUT2D eigenvalue weighted by Gasteiger charge is -2.08. The number of esters is 1. The SMILES string of the molecule is Cc1ccc(Nc2nc(N)nc(COC(=O)c3c(-c4ccccc4)noc3C)n2)cc1. The van der Waals surface area contributed by atoms with Crippen molar-refractivity contribution in [2.24, 2.45) is 0 Å². The van der Waals surface area contributed by atoms with Gasteiger partial charge in [-0.1, -0.05) is 53.2 Å². The van der Waals surface area contributed by atoms with Crippen LogP contribution in [0.4, 0.5) is 17.6 Å². The van der Waals surface area contributed by atoms with Crippen LogP contribution in [0.3, 0.4) is 0 Å². The molecule has 0 atom stereocenters. The molecule has 0 aliphatic carbocycles. The Morgan fingerprint density at radius 3 is 2.52 bits per heavy atom. The van der Waals surface area contributed by atoms with Crippen molar-refractivity contribution in [1.29, 1.82) is 0 Å².